The number of aliphatic hydroxyl groups is 1. The largest absolute Gasteiger partial charge is 0.460 e. The summed E-state index contributed by atoms with van der Waals surface area (Å²) in [5.74, 6) is -0.349. The number of ether oxygens (including phenoxy) is 1. The van der Waals surface area contributed by atoms with E-state index in [1.54, 1.807) is 0 Å². The van der Waals surface area contributed by atoms with Gasteiger partial charge in [0, 0.05) is 25.3 Å². The Balaban J connectivity index is 1.94. The Hall–Kier alpha value is -1.46. The number of piperidine rings is 1. The number of benzene rings is 1. The topological polar surface area (TPSA) is 61.8 Å². The highest BCUT2D eigenvalue weighted by atomic mass is 35.5. The number of anilines is 2. The van der Waals surface area contributed by atoms with Gasteiger partial charge in [-0.25, -0.2) is 0 Å². The summed E-state index contributed by atoms with van der Waals surface area (Å²) in [6.07, 6.45) is 2.12. The third-order valence-electron chi connectivity index (χ3n) is 4.46. The molecule has 1 aromatic carbocycles. The zero-order valence-electron chi connectivity index (χ0n) is 16.3. The van der Waals surface area contributed by atoms with Crippen LogP contribution in [0.3, 0.4) is 0 Å². The van der Waals surface area contributed by atoms with Crippen molar-refractivity contribution in [1.29, 1.82) is 0 Å². The molecule has 1 fully saturated rings. The quantitative estimate of drug-likeness (QED) is 0.721. The molecule has 0 aromatic heterocycles. The first-order chi connectivity index (χ1) is 12.1. The van der Waals surface area contributed by atoms with Crippen LogP contribution in [-0.2, 0) is 9.53 Å². The molecule has 1 aromatic rings. The maximum atomic E-state index is 12.0. The lowest BCUT2D eigenvalue weighted by molar-refractivity contribution is -0.161. The number of carbonyl (C=O) groups is 1. The highest BCUT2D eigenvalue weighted by Gasteiger charge is 2.36. The predicted molar refractivity (Wildman–Crippen MR) is 107 cm³/mol. The van der Waals surface area contributed by atoms with Gasteiger partial charge in [-0.3, -0.25) is 4.79 Å². The summed E-state index contributed by atoms with van der Waals surface area (Å²) in [5, 5.41) is 14.8. The van der Waals surface area contributed by atoms with Crippen molar-refractivity contribution in [3.05, 3.63) is 23.2 Å². The normalized spacial score (nSPS) is 17.1. The third kappa shape index (κ3) is 6.06. The lowest BCUT2D eigenvalue weighted by Gasteiger charge is -2.39. The molecule has 0 bridgehead atoms. The molecule has 0 radical (unpaired) electrons. The van der Waals surface area contributed by atoms with E-state index in [0.29, 0.717) is 31.0 Å². The first-order valence-corrected chi connectivity index (χ1v) is 9.72. The summed E-state index contributed by atoms with van der Waals surface area (Å²) in [5.41, 5.74) is 0.440. The molecule has 26 heavy (non-hydrogen) atoms. The molecular formula is C20H31ClN2O3. The first-order valence-electron chi connectivity index (χ1n) is 9.34. The van der Waals surface area contributed by atoms with Gasteiger partial charge in [-0.2, -0.15) is 0 Å². The van der Waals surface area contributed by atoms with Gasteiger partial charge < -0.3 is 20.1 Å². The Labute approximate surface area is 161 Å². The highest BCUT2D eigenvalue weighted by molar-refractivity contribution is 6.33. The van der Waals surface area contributed by atoms with E-state index in [4.69, 9.17) is 16.3 Å². The average molecular weight is 383 g/mol. The fraction of sp³-hybridized carbons (Fsp3) is 0.650. The van der Waals surface area contributed by atoms with E-state index in [1.807, 2.05) is 39.0 Å². The molecule has 2 N–H and O–H groups in total. The van der Waals surface area contributed by atoms with Crippen molar-refractivity contribution >= 4 is 28.9 Å². The third-order valence-corrected chi connectivity index (χ3v) is 4.76. The van der Waals surface area contributed by atoms with Crippen molar-refractivity contribution in [2.24, 2.45) is 0 Å². The predicted octanol–water partition coefficient (Wildman–Crippen LogP) is 4.23. The van der Waals surface area contributed by atoms with Gasteiger partial charge >= 0.3 is 5.97 Å². The van der Waals surface area contributed by atoms with Gasteiger partial charge in [-0.05, 0) is 58.2 Å². The molecule has 1 saturated heterocycles. The lowest BCUT2D eigenvalue weighted by atomic mass is 9.88. The van der Waals surface area contributed by atoms with Gasteiger partial charge in [-0.1, -0.05) is 18.5 Å². The van der Waals surface area contributed by atoms with E-state index in [1.165, 1.54) is 0 Å². The Morgan fingerprint density at radius 2 is 2.00 bits per heavy atom. The Morgan fingerprint density at radius 1 is 1.35 bits per heavy atom. The zero-order chi connectivity index (χ0) is 19.4. The Kier molecular flexibility index (Phi) is 6.80. The van der Waals surface area contributed by atoms with E-state index >= 15 is 0 Å². The number of halogens is 1. The van der Waals surface area contributed by atoms with Crippen LogP contribution in [0.5, 0.6) is 0 Å². The van der Waals surface area contributed by atoms with Gasteiger partial charge in [-0.15, -0.1) is 0 Å². The summed E-state index contributed by atoms with van der Waals surface area (Å²) < 4.78 is 5.34. The maximum absolute atomic E-state index is 12.0. The SMILES string of the molecule is CCCNc1ccc(N2CCC(O)(CC(=O)OC(C)(C)C)CC2)c(Cl)c1. The molecule has 146 valence electrons. The summed E-state index contributed by atoms with van der Waals surface area (Å²) in [6, 6.07) is 5.98. The fourth-order valence-electron chi connectivity index (χ4n) is 3.13. The van der Waals surface area contributed by atoms with Crippen molar-refractivity contribution in [2.75, 3.05) is 29.9 Å². The number of nitrogens with zero attached hydrogens (tertiary/aromatic N) is 1. The number of esters is 1. The van der Waals surface area contributed by atoms with Crippen LogP contribution in [0.2, 0.25) is 5.02 Å². The standard InChI is InChI=1S/C20H31ClN2O3/c1-5-10-22-15-6-7-17(16(21)13-15)23-11-8-20(25,9-12-23)14-18(24)26-19(2,3)4/h6-7,13,22,25H,5,8-12,14H2,1-4H3. The van der Waals surface area contributed by atoms with Crippen molar-refractivity contribution in [1.82, 2.24) is 0 Å². The van der Waals surface area contributed by atoms with Gasteiger partial charge in [0.15, 0.2) is 0 Å². The van der Waals surface area contributed by atoms with E-state index in [2.05, 4.69) is 17.1 Å². The first kappa shape index (κ1) is 20.8. The van der Waals surface area contributed by atoms with Crippen molar-refractivity contribution in [3.8, 4) is 0 Å². The molecule has 6 heteroatoms. The molecule has 0 atom stereocenters. The summed E-state index contributed by atoms with van der Waals surface area (Å²) >= 11 is 6.45. The molecule has 0 unspecified atom stereocenters. The minimum Gasteiger partial charge on any atom is -0.460 e. The minimum atomic E-state index is -1.01. The van der Waals surface area contributed by atoms with E-state index in [9.17, 15) is 9.90 Å². The number of hydrogen-bond acceptors (Lipinski definition) is 5. The second-order valence-electron chi connectivity index (χ2n) is 8.07. The van der Waals surface area contributed by atoms with Crippen molar-refractivity contribution in [2.45, 2.75) is 64.6 Å². The molecule has 1 heterocycles. The smallest absolute Gasteiger partial charge is 0.309 e. The summed E-state index contributed by atoms with van der Waals surface area (Å²) in [4.78, 5) is 14.2. The van der Waals surface area contributed by atoms with Crippen LogP contribution in [0.15, 0.2) is 18.2 Å². The zero-order valence-corrected chi connectivity index (χ0v) is 17.0. The van der Waals surface area contributed by atoms with Crippen LogP contribution in [0.1, 0.15) is 53.4 Å². The molecule has 1 aliphatic heterocycles. The van der Waals surface area contributed by atoms with Crippen LogP contribution in [0.4, 0.5) is 11.4 Å². The summed E-state index contributed by atoms with van der Waals surface area (Å²) in [6.45, 7) is 9.84. The second-order valence-corrected chi connectivity index (χ2v) is 8.47. The Bertz CT molecular complexity index is 620. The molecule has 1 aliphatic rings. The minimum absolute atomic E-state index is 0.0335. The molecular weight excluding hydrogens is 352 g/mol. The second kappa shape index (κ2) is 8.49. The van der Waals surface area contributed by atoms with E-state index in [0.717, 1.165) is 24.3 Å². The van der Waals surface area contributed by atoms with Crippen LogP contribution in [0, 0.1) is 0 Å². The van der Waals surface area contributed by atoms with E-state index < -0.39 is 11.2 Å². The number of carbonyl (C=O) groups excluding carboxylic acids is 1. The molecule has 5 nitrogen and oxygen atoms in total. The van der Waals surface area contributed by atoms with Gasteiger partial charge in [0.1, 0.15) is 5.60 Å². The molecule has 0 amide bonds. The number of rotatable bonds is 6. The van der Waals surface area contributed by atoms with Crippen molar-refractivity contribution in [3.63, 3.8) is 0 Å². The lowest BCUT2D eigenvalue weighted by Crippen LogP contribution is -2.46. The molecule has 2 rings (SSSR count). The van der Waals surface area contributed by atoms with Gasteiger partial charge in [0.2, 0.25) is 0 Å². The van der Waals surface area contributed by atoms with Crippen LogP contribution >= 0.6 is 11.6 Å². The van der Waals surface area contributed by atoms with Gasteiger partial charge in [0.05, 0.1) is 22.7 Å². The maximum Gasteiger partial charge on any atom is 0.309 e. The van der Waals surface area contributed by atoms with E-state index in [-0.39, 0.29) is 12.4 Å². The average Bonchev–Trinajstić information content (AvgIpc) is 2.52. The molecule has 0 spiro atoms. The monoisotopic (exact) mass is 382 g/mol. The highest BCUT2D eigenvalue weighted by Crippen LogP contribution is 2.34. The molecule has 0 saturated carbocycles. The Morgan fingerprint density at radius 3 is 2.54 bits per heavy atom. The number of nitrogens with one attached hydrogen (secondary N) is 1. The number of hydrogen-bond donors (Lipinski definition) is 2. The molecule has 0 aliphatic carbocycles. The van der Waals surface area contributed by atoms with Crippen molar-refractivity contribution < 1.29 is 14.6 Å². The summed E-state index contributed by atoms with van der Waals surface area (Å²) in [7, 11) is 0. The van der Waals surface area contributed by atoms with Crippen LogP contribution in [0.25, 0.3) is 0 Å². The fourth-order valence-corrected chi connectivity index (χ4v) is 3.43. The van der Waals surface area contributed by atoms with Gasteiger partial charge in [0.25, 0.3) is 0 Å². The van der Waals surface area contributed by atoms with Crippen LogP contribution < -0.4 is 10.2 Å². The van der Waals surface area contributed by atoms with Crippen LogP contribution in [-0.4, -0.2) is 41.9 Å².